The summed E-state index contributed by atoms with van der Waals surface area (Å²) in [5.74, 6) is -0.382. The van der Waals surface area contributed by atoms with E-state index in [4.69, 9.17) is 32.7 Å². The van der Waals surface area contributed by atoms with Gasteiger partial charge in [-0.3, -0.25) is 9.59 Å². The van der Waals surface area contributed by atoms with Crippen molar-refractivity contribution in [2.45, 2.75) is 25.7 Å². The quantitative estimate of drug-likeness (QED) is 0.522. The first-order valence-electron chi connectivity index (χ1n) is 8.46. The largest absolute Gasteiger partial charge is 0.426 e. The van der Waals surface area contributed by atoms with Gasteiger partial charge in [-0.05, 0) is 67.8 Å². The molecule has 1 aliphatic carbocycles. The smallest absolute Gasteiger partial charge is 0.314 e. The summed E-state index contributed by atoms with van der Waals surface area (Å²) in [7, 11) is 0. The van der Waals surface area contributed by atoms with Gasteiger partial charge < -0.3 is 9.47 Å². The standard InChI is InChI=1S/C20H18Cl2O4/c21-15-4-8-17(9-5-15)25-19(23)13-2-1-3-14(12-13)20(24)26-18-10-6-16(22)7-11-18/h4-11,13-14H,1-3,12H2. The third-order valence-electron chi connectivity index (χ3n) is 4.41. The van der Waals surface area contributed by atoms with Crippen molar-refractivity contribution in [2.24, 2.45) is 11.8 Å². The molecular formula is C20H18Cl2O4. The van der Waals surface area contributed by atoms with E-state index in [-0.39, 0.29) is 23.8 Å². The molecule has 1 aliphatic rings. The molecule has 0 amide bonds. The van der Waals surface area contributed by atoms with Crippen molar-refractivity contribution in [3.63, 3.8) is 0 Å². The van der Waals surface area contributed by atoms with Crippen LogP contribution in [0, 0.1) is 11.8 Å². The topological polar surface area (TPSA) is 52.6 Å². The van der Waals surface area contributed by atoms with Crippen molar-refractivity contribution in [3.8, 4) is 11.5 Å². The molecule has 0 bridgehead atoms. The van der Waals surface area contributed by atoms with Crippen molar-refractivity contribution in [2.75, 3.05) is 0 Å². The minimum absolute atomic E-state index is 0.317. The van der Waals surface area contributed by atoms with E-state index < -0.39 is 0 Å². The van der Waals surface area contributed by atoms with E-state index in [1.807, 2.05) is 0 Å². The van der Waals surface area contributed by atoms with Crippen molar-refractivity contribution >= 4 is 35.1 Å². The first-order chi connectivity index (χ1) is 12.5. The van der Waals surface area contributed by atoms with Crippen LogP contribution >= 0.6 is 23.2 Å². The molecule has 0 aliphatic heterocycles. The van der Waals surface area contributed by atoms with Gasteiger partial charge in [0.05, 0.1) is 11.8 Å². The number of halogens is 2. The summed E-state index contributed by atoms with van der Waals surface area (Å²) in [5.41, 5.74) is 0. The Bertz CT molecular complexity index is 706. The fourth-order valence-corrected chi connectivity index (χ4v) is 3.27. The molecule has 6 heteroatoms. The van der Waals surface area contributed by atoms with Crippen molar-refractivity contribution in [1.29, 1.82) is 0 Å². The number of benzene rings is 2. The molecule has 4 nitrogen and oxygen atoms in total. The Morgan fingerprint density at radius 3 is 1.50 bits per heavy atom. The number of carbonyl (C=O) groups excluding carboxylic acids is 2. The van der Waals surface area contributed by atoms with Crippen LogP contribution in [0.25, 0.3) is 0 Å². The maximum atomic E-state index is 12.4. The predicted octanol–water partition coefficient (Wildman–Crippen LogP) is 5.31. The molecule has 0 N–H and O–H groups in total. The summed E-state index contributed by atoms with van der Waals surface area (Å²) in [6, 6.07) is 13.2. The Morgan fingerprint density at radius 1 is 0.731 bits per heavy atom. The third-order valence-corrected chi connectivity index (χ3v) is 4.91. The van der Waals surface area contributed by atoms with Gasteiger partial charge in [0.2, 0.25) is 0 Å². The second-order valence-electron chi connectivity index (χ2n) is 6.31. The van der Waals surface area contributed by atoms with Crippen LogP contribution in [-0.4, -0.2) is 11.9 Å². The Balaban J connectivity index is 1.57. The maximum Gasteiger partial charge on any atom is 0.314 e. The summed E-state index contributed by atoms with van der Waals surface area (Å²) >= 11 is 11.7. The van der Waals surface area contributed by atoms with E-state index >= 15 is 0 Å². The normalized spacial score (nSPS) is 19.6. The molecule has 136 valence electrons. The molecule has 1 fully saturated rings. The average Bonchev–Trinajstić information content (AvgIpc) is 2.65. The van der Waals surface area contributed by atoms with E-state index in [1.54, 1.807) is 48.5 Å². The third kappa shape index (κ3) is 4.99. The van der Waals surface area contributed by atoms with E-state index in [2.05, 4.69) is 0 Å². The summed E-state index contributed by atoms with van der Waals surface area (Å²) in [4.78, 5) is 24.8. The zero-order valence-corrected chi connectivity index (χ0v) is 15.5. The summed E-state index contributed by atoms with van der Waals surface area (Å²) < 4.78 is 10.8. The van der Waals surface area contributed by atoms with Gasteiger partial charge in [-0.2, -0.15) is 0 Å². The maximum absolute atomic E-state index is 12.4. The van der Waals surface area contributed by atoms with Gasteiger partial charge in [0.15, 0.2) is 0 Å². The van der Waals surface area contributed by atoms with E-state index in [0.717, 1.165) is 6.42 Å². The fraction of sp³-hybridized carbons (Fsp3) is 0.300. The number of esters is 2. The molecule has 3 rings (SSSR count). The molecule has 2 aromatic carbocycles. The van der Waals surface area contributed by atoms with Crippen LogP contribution in [0.5, 0.6) is 11.5 Å². The molecule has 2 aromatic rings. The van der Waals surface area contributed by atoms with Gasteiger partial charge in [0, 0.05) is 10.0 Å². The lowest BCUT2D eigenvalue weighted by molar-refractivity contribution is -0.144. The van der Waals surface area contributed by atoms with Crippen LogP contribution in [0.4, 0.5) is 0 Å². The molecule has 2 atom stereocenters. The molecular weight excluding hydrogens is 375 g/mol. The second-order valence-corrected chi connectivity index (χ2v) is 7.18. The SMILES string of the molecule is O=C(Oc1ccc(Cl)cc1)C1CCCC(C(=O)Oc2ccc(Cl)cc2)C1. The lowest BCUT2D eigenvalue weighted by Crippen LogP contribution is -2.31. The van der Waals surface area contributed by atoms with Crippen molar-refractivity contribution in [3.05, 3.63) is 58.6 Å². The first kappa shape index (κ1) is 18.7. The number of hydrogen-bond acceptors (Lipinski definition) is 4. The molecule has 26 heavy (non-hydrogen) atoms. The molecule has 1 saturated carbocycles. The monoisotopic (exact) mass is 392 g/mol. The van der Waals surface area contributed by atoms with Crippen LogP contribution in [-0.2, 0) is 9.59 Å². The first-order valence-corrected chi connectivity index (χ1v) is 9.21. The Morgan fingerprint density at radius 2 is 1.12 bits per heavy atom. The predicted molar refractivity (Wildman–Crippen MR) is 99.6 cm³/mol. The number of carbonyl (C=O) groups is 2. The Kier molecular flexibility index (Phi) is 6.17. The summed E-state index contributed by atoms with van der Waals surface area (Å²) in [5, 5.41) is 1.15. The molecule has 0 radical (unpaired) electrons. The minimum atomic E-state index is -0.323. The van der Waals surface area contributed by atoms with Crippen LogP contribution in [0.2, 0.25) is 10.0 Å². The summed E-state index contributed by atoms with van der Waals surface area (Å²) in [6.45, 7) is 0. The number of hydrogen-bond donors (Lipinski definition) is 0. The van der Waals surface area contributed by atoms with Crippen molar-refractivity contribution in [1.82, 2.24) is 0 Å². The van der Waals surface area contributed by atoms with Crippen LogP contribution in [0.3, 0.4) is 0 Å². The second kappa shape index (κ2) is 8.56. The highest BCUT2D eigenvalue weighted by Gasteiger charge is 2.33. The van der Waals surface area contributed by atoms with Crippen LogP contribution < -0.4 is 9.47 Å². The zero-order chi connectivity index (χ0) is 18.5. The number of rotatable bonds is 4. The van der Waals surface area contributed by atoms with Gasteiger partial charge >= 0.3 is 11.9 Å². The van der Waals surface area contributed by atoms with Gasteiger partial charge in [0.1, 0.15) is 11.5 Å². The molecule has 0 saturated heterocycles. The van der Waals surface area contributed by atoms with Crippen LogP contribution in [0.15, 0.2) is 48.5 Å². The average molecular weight is 393 g/mol. The lowest BCUT2D eigenvalue weighted by atomic mass is 9.81. The zero-order valence-electron chi connectivity index (χ0n) is 14.0. The molecule has 2 unspecified atom stereocenters. The number of ether oxygens (including phenoxy) is 2. The van der Waals surface area contributed by atoms with E-state index in [1.165, 1.54) is 0 Å². The van der Waals surface area contributed by atoms with Gasteiger partial charge in [0.25, 0.3) is 0 Å². The van der Waals surface area contributed by atoms with Gasteiger partial charge in [-0.25, -0.2) is 0 Å². The lowest BCUT2D eigenvalue weighted by Gasteiger charge is -2.26. The summed E-state index contributed by atoms with van der Waals surface area (Å²) in [6.07, 6.45) is 2.62. The molecule has 0 heterocycles. The highest BCUT2D eigenvalue weighted by Crippen LogP contribution is 2.32. The molecule has 0 spiro atoms. The highest BCUT2D eigenvalue weighted by molar-refractivity contribution is 6.30. The Hall–Kier alpha value is -2.04. The fourth-order valence-electron chi connectivity index (χ4n) is 3.02. The Labute approximate surface area is 162 Å². The van der Waals surface area contributed by atoms with Gasteiger partial charge in [-0.15, -0.1) is 0 Å². The van der Waals surface area contributed by atoms with E-state index in [0.29, 0.717) is 40.8 Å². The molecule has 0 aromatic heterocycles. The van der Waals surface area contributed by atoms with Crippen molar-refractivity contribution < 1.29 is 19.1 Å². The van der Waals surface area contributed by atoms with E-state index in [9.17, 15) is 9.59 Å². The van der Waals surface area contributed by atoms with Crippen LogP contribution in [0.1, 0.15) is 25.7 Å². The minimum Gasteiger partial charge on any atom is -0.426 e. The highest BCUT2D eigenvalue weighted by atomic mass is 35.5. The van der Waals surface area contributed by atoms with Gasteiger partial charge in [-0.1, -0.05) is 29.6 Å².